The maximum Gasteiger partial charge on any atom is 0.263 e. The van der Waals surface area contributed by atoms with E-state index in [0.717, 1.165) is 0 Å². The summed E-state index contributed by atoms with van der Waals surface area (Å²) in [5, 5.41) is 3.00. The summed E-state index contributed by atoms with van der Waals surface area (Å²) in [6, 6.07) is 19.2. The molecule has 0 atom stereocenters. The van der Waals surface area contributed by atoms with Crippen LogP contribution < -0.4 is 10.0 Å². The van der Waals surface area contributed by atoms with Gasteiger partial charge in [0, 0.05) is 5.56 Å². The Bertz CT molecular complexity index is 1090. The third kappa shape index (κ3) is 4.60. The third-order valence-electron chi connectivity index (χ3n) is 3.63. The second-order valence-electron chi connectivity index (χ2n) is 5.55. The second-order valence-corrected chi connectivity index (χ2v) is 8.02. The molecule has 0 heterocycles. The normalized spacial score (nSPS) is 11.0. The third-order valence-corrected chi connectivity index (χ3v) is 5.83. The van der Waals surface area contributed by atoms with Crippen molar-refractivity contribution in [2.75, 3.05) is 10.0 Å². The summed E-state index contributed by atoms with van der Waals surface area (Å²) in [6.45, 7) is 0. The Hall–Kier alpha value is -2.54. The largest absolute Gasteiger partial charge is 0.321 e. The van der Waals surface area contributed by atoms with Gasteiger partial charge in [0.25, 0.3) is 15.9 Å². The molecule has 27 heavy (non-hydrogen) atoms. The van der Waals surface area contributed by atoms with Gasteiger partial charge in [-0.15, -0.1) is 0 Å². The Morgan fingerprint density at radius 1 is 0.815 bits per heavy atom. The number of anilines is 2. The number of sulfonamides is 1. The van der Waals surface area contributed by atoms with Gasteiger partial charge in [0.15, 0.2) is 0 Å². The zero-order chi connectivity index (χ0) is 19.4. The summed E-state index contributed by atoms with van der Waals surface area (Å²) in [6.07, 6.45) is 0. The van der Waals surface area contributed by atoms with Crippen LogP contribution >= 0.6 is 23.2 Å². The van der Waals surface area contributed by atoms with Crippen LogP contribution in [-0.2, 0) is 10.0 Å². The van der Waals surface area contributed by atoms with Crippen LogP contribution in [0.5, 0.6) is 0 Å². The molecule has 0 bridgehead atoms. The van der Waals surface area contributed by atoms with Crippen LogP contribution in [0.2, 0.25) is 10.0 Å². The number of hydrogen-bond acceptors (Lipinski definition) is 3. The van der Waals surface area contributed by atoms with Gasteiger partial charge in [-0.2, -0.15) is 0 Å². The minimum Gasteiger partial charge on any atom is -0.321 e. The van der Waals surface area contributed by atoms with Crippen molar-refractivity contribution in [2.24, 2.45) is 0 Å². The second kappa shape index (κ2) is 8.00. The number of rotatable bonds is 5. The Kier molecular flexibility index (Phi) is 5.70. The first-order valence-corrected chi connectivity index (χ1v) is 10.0. The molecule has 1 amide bonds. The topological polar surface area (TPSA) is 75.3 Å². The lowest BCUT2D eigenvalue weighted by atomic mass is 10.2. The monoisotopic (exact) mass is 420 g/mol. The van der Waals surface area contributed by atoms with E-state index >= 15 is 0 Å². The standard InChI is InChI=1S/C19H14Cl2N2O3S/c20-15-8-4-5-9-18(15)27(25,26)23-14-10-11-17(16(21)12-14)22-19(24)13-6-2-1-3-7-13/h1-12,23H,(H,22,24). The first-order valence-electron chi connectivity index (χ1n) is 7.80. The van der Waals surface area contributed by atoms with Crippen LogP contribution in [0.4, 0.5) is 11.4 Å². The molecule has 0 unspecified atom stereocenters. The van der Waals surface area contributed by atoms with Gasteiger partial charge in [-0.25, -0.2) is 8.42 Å². The number of carbonyl (C=O) groups excluding carboxylic acids is 1. The van der Waals surface area contributed by atoms with Gasteiger partial charge in [-0.1, -0.05) is 53.5 Å². The highest BCUT2D eigenvalue weighted by atomic mass is 35.5. The fraction of sp³-hybridized carbons (Fsp3) is 0. The van der Waals surface area contributed by atoms with Crippen molar-refractivity contribution < 1.29 is 13.2 Å². The van der Waals surface area contributed by atoms with Crippen molar-refractivity contribution in [3.63, 3.8) is 0 Å². The van der Waals surface area contributed by atoms with E-state index in [1.165, 1.54) is 30.3 Å². The molecule has 8 heteroatoms. The van der Waals surface area contributed by atoms with Crippen LogP contribution in [0.3, 0.4) is 0 Å². The summed E-state index contributed by atoms with van der Waals surface area (Å²) in [7, 11) is -3.87. The molecule has 0 aliphatic rings. The molecule has 0 aliphatic heterocycles. The molecular weight excluding hydrogens is 407 g/mol. The van der Waals surface area contributed by atoms with Gasteiger partial charge in [-0.05, 0) is 42.5 Å². The Balaban J connectivity index is 1.79. The smallest absolute Gasteiger partial charge is 0.263 e. The van der Waals surface area contributed by atoms with Gasteiger partial charge in [-0.3, -0.25) is 9.52 Å². The van der Waals surface area contributed by atoms with Crippen LogP contribution in [0.1, 0.15) is 10.4 Å². The summed E-state index contributed by atoms with van der Waals surface area (Å²) in [4.78, 5) is 12.2. The molecule has 0 aliphatic carbocycles. The molecule has 138 valence electrons. The molecule has 0 spiro atoms. The van der Waals surface area contributed by atoms with Gasteiger partial charge < -0.3 is 5.32 Å². The highest BCUT2D eigenvalue weighted by Crippen LogP contribution is 2.28. The minimum absolute atomic E-state index is 0.0377. The predicted molar refractivity (Wildman–Crippen MR) is 108 cm³/mol. The Labute approximate surface area is 167 Å². The fourth-order valence-corrected chi connectivity index (χ4v) is 4.13. The summed E-state index contributed by atoms with van der Waals surface area (Å²) >= 11 is 12.1. The Morgan fingerprint density at radius 3 is 2.15 bits per heavy atom. The average molecular weight is 421 g/mol. The number of halogens is 2. The van der Waals surface area contributed by atoms with Gasteiger partial charge in [0.1, 0.15) is 4.90 Å². The van der Waals surface area contributed by atoms with E-state index < -0.39 is 10.0 Å². The number of carbonyl (C=O) groups is 1. The first kappa shape index (κ1) is 19.2. The average Bonchev–Trinajstić information content (AvgIpc) is 2.64. The van der Waals surface area contributed by atoms with E-state index in [1.54, 1.807) is 36.4 Å². The molecule has 0 fully saturated rings. The van der Waals surface area contributed by atoms with Crippen molar-refractivity contribution in [3.8, 4) is 0 Å². The van der Waals surface area contributed by atoms with Crippen molar-refractivity contribution in [1.29, 1.82) is 0 Å². The summed E-state index contributed by atoms with van der Waals surface area (Å²) < 4.78 is 27.4. The molecule has 3 aromatic rings. The van der Waals surface area contributed by atoms with E-state index in [0.29, 0.717) is 11.3 Å². The minimum atomic E-state index is -3.87. The van der Waals surface area contributed by atoms with Crippen LogP contribution in [0.15, 0.2) is 77.7 Å². The maximum atomic E-state index is 12.5. The van der Waals surface area contributed by atoms with Gasteiger partial charge in [0.05, 0.1) is 21.4 Å². The van der Waals surface area contributed by atoms with Gasteiger partial charge >= 0.3 is 0 Å². The van der Waals surface area contributed by atoms with Crippen molar-refractivity contribution in [1.82, 2.24) is 0 Å². The van der Waals surface area contributed by atoms with Crippen molar-refractivity contribution >= 4 is 50.5 Å². The van der Waals surface area contributed by atoms with E-state index in [1.807, 2.05) is 6.07 Å². The van der Waals surface area contributed by atoms with E-state index in [9.17, 15) is 13.2 Å². The van der Waals surface area contributed by atoms with Crippen LogP contribution in [-0.4, -0.2) is 14.3 Å². The molecule has 3 aromatic carbocycles. The quantitative estimate of drug-likeness (QED) is 0.606. The summed E-state index contributed by atoms with van der Waals surface area (Å²) in [5.41, 5.74) is 1.10. The van der Waals surface area contributed by atoms with Crippen molar-refractivity contribution in [2.45, 2.75) is 4.90 Å². The zero-order valence-corrected chi connectivity index (χ0v) is 16.1. The van der Waals surface area contributed by atoms with Crippen molar-refractivity contribution in [3.05, 3.63) is 88.4 Å². The summed E-state index contributed by atoms with van der Waals surface area (Å²) in [5.74, 6) is -0.318. The highest BCUT2D eigenvalue weighted by Gasteiger charge is 2.18. The van der Waals surface area contributed by atoms with E-state index in [4.69, 9.17) is 23.2 Å². The number of benzene rings is 3. The molecular formula is C19H14Cl2N2O3S. The van der Waals surface area contributed by atoms with E-state index in [-0.39, 0.29) is 26.5 Å². The van der Waals surface area contributed by atoms with Gasteiger partial charge in [0.2, 0.25) is 0 Å². The molecule has 0 saturated carbocycles. The zero-order valence-electron chi connectivity index (χ0n) is 13.8. The SMILES string of the molecule is O=C(Nc1ccc(NS(=O)(=O)c2ccccc2Cl)cc1Cl)c1ccccc1. The lowest BCUT2D eigenvalue weighted by molar-refractivity contribution is 0.102. The lowest BCUT2D eigenvalue weighted by Crippen LogP contribution is -2.14. The molecule has 0 saturated heterocycles. The molecule has 5 nitrogen and oxygen atoms in total. The molecule has 2 N–H and O–H groups in total. The number of nitrogens with one attached hydrogen (secondary N) is 2. The molecule has 3 rings (SSSR count). The predicted octanol–water partition coefficient (Wildman–Crippen LogP) is 5.05. The fourth-order valence-electron chi connectivity index (χ4n) is 2.34. The number of amides is 1. The molecule has 0 aromatic heterocycles. The van der Waals surface area contributed by atoms with Crippen LogP contribution in [0, 0.1) is 0 Å². The number of hydrogen-bond donors (Lipinski definition) is 2. The Morgan fingerprint density at radius 2 is 1.48 bits per heavy atom. The first-order chi connectivity index (χ1) is 12.9. The lowest BCUT2D eigenvalue weighted by Gasteiger charge is -2.12. The molecule has 0 radical (unpaired) electrons. The highest BCUT2D eigenvalue weighted by molar-refractivity contribution is 7.92. The van der Waals surface area contributed by atoms with E-state index in [2.05, 4.69) is 10.0 Å². The maximum absolute atomic E-state index is 12.5. The van der Waals surface area contributed by atoms with Crippen LogP contribution in [0.25, 0.3) is 0 Å².